The highest BCUT2D eigenvalue weighted by Gasteiger charge is 2.45. The highest BCUT2D eigenvalue weighted by atomic mass is 35.5. The molecule has 1 atom stereocenters. The van der Waals surface area contributed by atoms with Crippen LogP contribution in [0.2, 0.25) is 5.02 Å². The molecule has 57 heavy (non-hydrogen) atoms. The highest BCUT2D eigenvalue weighted by Crippen LogP contribution is 2.40. The van der Waals surface area contributed by atoms with Crippen molar-refractivity contribution < 1.29 is 44.6 Å². The number of hydrogen-bond acceptors (Lipinski definition) is 10. The number of pyridine rings is 2. The molecule has 0 radical (unpaired) electrons. The van der Waals surface area contributed by atoms with Crippen LogP contribution in [0.1, 0.15) is 54.7 Å². The Hall–Kier alpha value is -4.15. The minimum Gasteiger partial charge on any atom is -0.490 e. The number of anilines is 2. The molecule has 1 N–H and O–H groups in total. The summed E-state index contributed by atoms with van der Waals surface area (Å²) >= 11 is 6.10. The number of alkyl halides is 5. The van der Waals surface area contributed by atoms with E-state index in [-0.39, 0.29) is 87.7 Å². The first-order chi connectivity index (χ1) is 27.1. The van der Waals surface area contributed by atoms with E-state index < -0.39 is 40.1 Å². The van der Waals surface area contributed by atoms with Gasteiger partial charge in [-0.15, -0.1) is 0 Å². The molecule has 1 unspecified atom stereocenters. The summed E-state index contributed by atoms with van der Waals surface area (Å²) in [6.45, 7) is 0.480. The van der Waals surface area contributed by atoms with Gasteiger partial charge in [-0.3, -0.25) is 9.69 Å². The van der Waals surface area contributed by atoms with E-state index in [9.17, 15) is 26.4 Å². The lowest BCUT2D eigenvalue weighted by molar-refractivity contribution is -0.137. The molecule has 2 saturated heterocycles. The molecule has 1 aliphatic carbocycles. The van der Waals surface area contributed by atoms with E-state index >= 15 is 8.78 Å². The fraction of sp³-hybridized carbons (Fsp3) is 0.526. The Labute approximate surface area is 332 Å². The third kappa shape index (κ3) is 11.1. The number of nitrogens with zero attached hydrogens (tertiary/aromatic N) is 6. The van der Waals surface area contributed by atoms with Crippen molar-refractivity contribution in [1.29, 1.82) is 5.26 Å². The molecule has 2 aromatic heterocycles. The fourth-order valence-electron chi connectivity index (χ4n) is 7.37. The van der Waals surface area contributed by atoms with E-state index in [1.54, 1.807) is 34.1 Å². The largest absolute Gasteiger partial charge is 0.490 e. The van der Waals surface area contributed by atoms with Gasteiger partial charge in [-0.2, -0.15) is 22.7 Å². The van der Waals surface area contributed by atoms with Gasteiger partial charge in [-0.25, -0.2) is 27.2 Å². The van der Waals surface area contributed by atoms with Gasteiger partial charge in [0.05, 0.1) is 53.7 Å². The summed E-state index contributed by atoms with van der Waals surface area (Å²) in [5.41, 5.74) is -0.0957. The number of ether oxygens (including phenoxy) is 2. The highest BCUT2D eigenvalue weighted by molar-refractivity contribution is 7.89. The van der Waals surface area contributed by atoms with Crippen LogP contribution >= 0.6 is 11.6 Å². The van der Waals surface area contributed by atoms with Crippen molar-refractivity contribution in [2.75, 3.05) is 75.0 Å². The number of rotatable bonds is 13. The maximum Gasteiger partial charge on any atom is 0.416 e. The van der Waals surface area contributed by atoms with Gasteiger partial charge in [0.2, 0.25) is 15.9 Å². The van der Waals surface area contributed by atoms with Crippen LogP contribution in [0.4, 0.5) is 33.6 Å². The minimum absolute atomic E-state index is 0.0574. The summed E-state index contributed by atoms with van der Waals surface area (Å²) in [5.74, 6) is -3.92. The standard InChI is InChI=1S/C38H43ClF5N7O5S/c39-33-22-31(7-3-27(33)23-45)56-30-5-1-26(2-6-30)36(52)48-34-8-4-28(24-47-34)32-10-12-49(25-37(32,40)41)17-18-55-19-20-57(53,54)51-15-13-50(14-16-51)35-21-29(9-11-46-35)38(42,43)44/h3-4,7-9,11,21-22,24,26,30,32H,1-2,5-6,10,12-20,25H2,(H,47,48,52). The lowest BCUT2D eigenvalue weighted by atomic mass is 9.86. The van der Waals surface area contributed by atoms with E-state index in [1.165, 1.54) is 16.6 Å². The van der Waals surface area contributed by atoms with Gasteiger partial charge in [0, 0.05) is 57.1 Å². The molecule has 19 heteroatoms. The Bertz CT molecular complexity index is 2010. The van der Waals surface area contributed by atoms with Gasteiger partial charge in [0.1, 0.15) is 23.5 Å². The molecule has 2 aliphatic heterocycles. The number of likely N-dealkylation sites (tertiary alicyclic amines) is 1. The number of hydrogen-bond donors (Lipinski definition) is 1. The van der Waals surface area contributed by atoms with Crippen LogP contribution in [0.25, 0.3) is 0 Å². The average molecular weight is 840 g/mol. The zero-order valence-corrected chi connectivity index (χ0v) is 32.5. The summed E-state index contributed by atoms with van der Waals surface area (Å²) in [7, 11) is -3.71. The summed E-state index contributed by atoms with van der Waals surface area (Å²) < 4.78 is 109. The Kier molecular flexibility index (Phi) is 13.5. The predicted octanol–water partition coefficient (Wildman–Crippen LogP) is 6.19. The zero-order valence-electron chi connectivity index (χ0n) is 30.9. The molecular weight excluding hydrogens is 797 g/mol. The second-order valence-electron chi connectivity index (χ2n) is 14.4. The van der Waals surface area contributed by atoms with E-state index in [2.05, 4.69) is 15.3 Å². The topological polar surface area (TPSA) is 141 Å². The van der Waals surface area contributed by atoms with Crippen molar-refractivity contribution >= 4 is 39.2 Å². The van der Waals surface area contributed by atoms with Gasteiger partial charge < -0.3 is 19.7 Å². The molecule has 3 aromatic rings. The van der Waals surface area contributed by atoms with Crippen molar-refractivity contribution in [2.24, 2.45) is 5.92 Å². The molecule has 3 aliphatic rings. The fourth-order valence-corrected chi connectivity index (χ4v) is 8.89. The molecule has 1 aromatic carbocycles. The quantitative estimate of drug-likeness (QED) is 0.157. The Balaban J connectivity index is 0.877. The van der Waals surface area contributed by atoms with E-state index in [0.717, 1.165) is 18.3 Å². The van der Waals surface area contributed by atoms with Crippen molar-refractivity contribution in [3.63, 3.8) is 0 Å². The Morgan fingerprint density at radius 1 is 0.982 bits per heavy atom. The van der Waals surface area contributed by atoms with E-state index in [0.29, 0.717) is 54.1 Å². The van der Waals surface area contributed by atoms with Crippen LogP contribution < -0.4 is 15.0 Å². The third-order valence-corrected chi connectivity index (χ3v) is 12.7. The monoisotopic (exact) mass is 839 g/mol. The Morgan fingerprint density at radius 2 is 1.74 bits per heavy atom. The van der Waals surface area contributed by atoms with Crippen LogP contribution in [-0.4, -0.2) is 110 Å². The van der Waals surface area contributed by atoms with Gasteiger partial charge in [0.25, 0.3) is 5.92 Å². The summed E-state index contributed by atoms with van der Waals surface area (Å²) in [6.07, 6.45) is 0.514. The molecule has 6 rings (SSSR count). The normalized spacial score (nSPS) is 22.1. The SMILES string of the molecule is N#Cc1ccc(OC2CCC(C(=O)Nc3ccc(C4CCN(CCOCCS(=O)(=O)N5CCN(c6cc(C(F)(F)F)ccn6)CC5)CC4(F)F)cn3)CC2)cc1Cl. The maximum atomic E-state index is 15.4. The second-order valence-corrected chi connectivity index (χ2v) is 16.9. The Morgan fingerprint density at radius 3 is 2.39 bits per heavy atom. The van der Waals surface area contributed by atoms with E-state index in [1.807, 2.05) is 6.07 Å². The molecule has 1 saturated carbocycles. The van der Waals surface area contributed by atoms with Crippen molar-refractivity contribution in [3.8, 4) is 11.8 Å². The lowest BCUT2D eigenvalue weighted by Crippen LogP contribution is -2.50. The molecule has 0 bridgehead atoms. The third-order valence-electron chi connectivity index (χ3n) is 10.6. The number of carbonyl (C=O) groups excluding carboxylic acids is 1. The number of piperidine rings is 1. The number of aromatic nitrogens is 2. The number of benzene rings is 1. The lowest BCUT2D eigenvalue weighted by Gasteiger charge is -2.38. The van der Waals surface area contributed by atoms with Crippen molar-refractivity contribution in [2.45, 2.75) is 56.2 Å². The number of halogens is 6. The maximum absolute atomic E-state index is 15.4. The summed E-state index contributed by atoms with van der Waals surface area (Å²) in [5, 5.41) is 12.2. The van der Waals surface area contributed by atoms with Gasteiger partial charge in [-0.05, 0) is 74.5 Å². The number of nitriles is 1. The van der Waals surface area contributed by atoms with Crippen LogP contribution in [0, 0.1) is 17.2 Å². The minimum atomic E-state index is -4.51. The molecule has 308 valence electrons. The van der Waals surface area contributed by atoms with Crippen molar-refractivity contribution in [1.82, 2.24) is 19.2 Å². The number of nitrogens with one attached hydrogen (secondary N) is 1. The summed E-state index contributed by atoms with van der Waals surface area (Å²) in [6, 6.07) is 11.8. The van der Waals surface area contributed by atoms with Crippen LogP contribution in [0.15, 0.2) is 54.9 Å². The first kappa shape index (κ1) is 42.5. The smallest absolute Gasteiger partial charge is 0.416 e. The summed E-state index contributed by atoms with van der Waals surface area (Å²) in [4.78, 5) is 24.4. The molecule has 12 nitrogen and oxygen atoms in total. The second kappa shape index (κ2) is 18.2. The average Bonchev–Trinajstić information content (AvgIpc) is 3.18. The molecule has 1 amide bonds. The first-order valence-corrected chi connectivity index (χ1v) is 20.7. The van der Waals surface area contributed by atoms with Gasteiger partial charge in [0.15, 0.2) is 0 Å². The molecular formula is C38H43ClF5N7O5S. The van der Waals surface area contributed by atoms with Gasteiger partial charge in [-0.1, -0.05) is 17.7 Å². The number of sulfonamides is 1. The first-order valence-electron chi connectivity index (χ1n) is 18.7. The molecule has 4 heterocycles. The zero-order chi connectivity index (χ0) is 40.8. The molecule has 0 spiro atoms. The number of carbonyl (C=O) groups is 1. The number of piperazine rings is 1. The van der Waals surface area contributed by atoms with E-state index in [4.69, 9.17) is 26.3 Å². The van der Waals surface area contributed by atoms with Crippen molar-refractivity contribution in [3.05, 3.63) is 76.6 Å². The van der Waals surface area contributed by atoms with Crippen LogP contribution in [0.3, 0.4) is 0 Å². The van der Waals surface area contributed by atoms with Crippen LogP contribution in [-0.2, 0) is 25.7 Å². The predicted molar refractivity (Wildman–Crippen MR) is 202 cm³/mol. The number of amides is 1. The van der Waals surface area contributed by atoms with Gasteiger partial charge >= 0.3 is 6.18 Å². The van der Waals surface area contributed by atoms with Crippen LogP contribution in [0.5, 0.6) is 5.75 Å². The molecule has 3 fully saturated rings.